The summed E-state index contributed by atoms with van der Waals surface area (Å²) in [7, 11) is 0. The molecular formula is C27H41NO3. The first-order chi connectivity index (χ1) is 15.1. The van der Waals surface area contributed by atoms with Crippen LogP contribution in [0.1, 0.15) is 82.6 Å². The third kappa shape index (κ3) is 11.2. The van der Waals surface area contributed by atoms with Gasteiger partial charge in [0.15, 0.2) is 0 Å². The van der Waals surface area contributed by atoms with E-state index in [0.29, 0.717) is 18.1 Å². The third-order valence-corrected chi connectivity index (χ3v) is 6.33. The molecule has 0 spiro atoms. The average molecular weight is 428 g/mol. The van der Waals surface area contributed by atoms with Gasteiger partial charge >= 0.3 is 5.97 Å². The quantitative estimate of drug-likeness (QED) is 0.211. The lowest BCUT2D eigenvalue weighted by molar-refractivity contribution is -0.136. The van der Waals surface area contributed by atoms with Gasteiger partial charge in [-0.25, -0.2) is 0 Å². The molecule has 2 atom stereocenters. The number of benzene rings is 1. The number of nitrogens with two attached hydrogens (primary N) is 1. The van der Waals surface area contributed by atoms with Gasteiger partial charge in [0.1, 0.15) is 5.75 Å². The molecule has 0 fully saturated rings. The average Bonchev–Trinajstić information content (AvgIpc) is 3.19. The highest BCUT2D eigenvalue weighted by atomic mass is 16.4. The summed E-state index contributed by atoms with van der Waals surface area (Å²) in [5.41, 5.74) is 8.49. The van der Waals surface area contributed by atoms with Crippen molar-refractivity contribution in [2.24, 2.45) is 17.6 Å². The van der Waals surface area contributed by atoms with Gasteiger partial charge in [0, 0.05) is 6.42 Å². The molecule has 0 aliphatic heterocycles. The first-order valence-corrected chi connectivity index (χ1v) is 12.1. The van der Waals surface area contributed by atoms with Crippen molar-refractivity contribution in [2.45, 2.75) is 83.5 Å². The largest absolute Gasteiger partial charge is 0.508 e. The lowest BCUT2D eigenvalue weighted by Crippen LogP contribution is -2.04. The number of carbonyl (C=O) groups is 1. The van der Waals surface area contributed by atoms with E-state index in [1.807, 2.05) is 18.2 Å². The van der Waals surface area contributed by atoms with Crippen LogP contribution in [0.25, 0.3) is 0 Å². The molecule has 1 aliphatic rings. The van der Waals surface area contributed by atoms with Crippen LogP contribution in [0.3, 0.4) is 0 Å². The molecule has 2 rings (SSSR count). The standard InChI is InChI=1S/C27H41NO3/c28-19-18-25-13-12-23(21-25)10-5-2-1-4-8-22(9-6-3-7-11-27(30)31)20-24-14-16-26(29)17-15-24/h3,6,14-17,21-23,29H,1-2,4-5,7-13,18-20,28H2,(H,30,31)/b6-3+/t22-,23+/m1/s1. The summed E-state index contributed by atoms with van der Waals surface area (Å²) in [5, 5.41) is 18.3. The second kappa shape index (κ2) is 14.9. The van der Waals surface area contributed by atoms with E-state index in [-0.39, 0.29) is 6.42 Å². The van der Waals surface area contributed by atoms with Gasteiger partial charge in [0.25, 0.3) is 0 Å². The highest BCUT2D eigenvalue weighted by Crippen LogP contribution is 2.30. The normalized spacial score (nSPS) is 17.2. The number of phenols is 1. The minimum absolute atomic E-state index is 0.197. The van der Waals surface area contributed by atoms with Crippen LogP contribution in [0.5, 0.6) is 5.75 Å². The summed E-state index contributed by atoms with van der Waals surface area (Å²) in [6.07, 6.45) is 20.7. The van der Waals surface area contributed by atoms with Crippen molar-refractivity contribution in [3.63, 3.8) is 0 Å². The molecule has 0 saturated heterocycles. The summed E-state index contributed by atoms with van der Waals surface area (Å²) in [5.74, 6) is 0.900. The van der Waals surface area contributed by atoms with E-state index in [9.17, 15) is 9.90 Å². The first-order valence-electron chi connectivity index (χ1n) is 12.1. The Balaban J connectivity index is 1.68. The van der Waals surface area contributed by atoms with E-state index in [2.05, 4.69) is 12.2 Å². The van der Waals surface area contributed by atoms with Crippen LogP contribution in [0.4, 0.5) is 0 Å². The van der Waals surface area contributed by atoms with Crippen LogP contribution in [-0.2, 0) is 11.2 Å². The number of aromatic hydroxyl groups is 1. The van der Waals surface area contributed by atoms with Crippen LogP contribution in [-0.4, -0.2) is 22.7 Å². The van der Waals surface area contributed by atoms with Gasteiger partial charge in [-0.15, -0.1) is 0 Å². The molecular weight excluding hydrogens is 386 g/mol. The minimum atomic E-state index is -0.742. The maximum absolute atomic E-state index is 10.7. The molecule has 0 saturated carbocycles. The molecule has 1 aromatic rings. The third-order valence-electron chi connectivity index (χ3n) is 6.33. The van der Waals surface area contributed by atoms with E-state index >= 15 is 0 Å². The monoisotopic (exact) mass is 427 g/mol. The van der Waals surface area contributed by atoms with Crippen molar-refractivity contribution >= 4 is 5.97 Å². The van der Waals surface area contributed by atoms with Gasteiger partial charge in [0.05, 0.1) is 0 Å². The highest BCUT2D eigenvalue weighted by molar-refractivity contribution is 5.66. The highest BCUT2D eigenvalue weighted by Gasteiger charge is 2.14. The topological polar surface area (TPSA) is 83.6 Å². The lowest BCUT2D eigenvalue weighted by atomic mass is 9.90. The molecule has 4 heteroatoms. The Kier molecular flexibility index (Phi) is 12.1. The summed E-state index contributed by atoms with van der Waals surface area (Å²) in [4.78, 5) is 10.7. The minimum Gasteiger partial charge on any atom is -0.508 e. The maximum Gasteiger partial charge on any atom is 0.303 e. The molecule has 0 heterocycles. The van der Waals surface area contributed by atoms with Crippen LogP contribution < -0.4 is 5.73 Å². The fourth-order valence-corrected chi connectivity index (χ4v) is 4.57. The Morgan fingerprint density at radius 2 is 1.90 bits per heavy atom. The number of carboxylic acids is 1. The van der Waals surface area contributed by atoms with Crippen LogP contribution >= 0.6 is 0 Å². The number of hydrogen-bond donors (Lipinski definition) is 3. The number of phenolic OH excluding ortho intramolecular Hbond substituents is 1. The van der Waals surface area contributed by atoms with Crippen molar-refractivity contribution in [1.82, 2.24) is 0 Å². The number of rotatable bonds is 16. The Hall–Kier alpha value is -2.07. The summed E-state index contributed by atoms with van der Waals surface area (Å²) < 4.78 is 0. The molecule has 31 heavy (non-hydrogen) atoms. The van der Waals surface area contributed by atoms with Gasteiger partial charge in [-0.2, -0.15) is 0 Å². The molecule has 0 amide bonds. The molecule has 1 aliphatic carbocycles. The molecule has 1 aromatic carbocycles. The predicted molar refractivity (Wildman–Crippen MR) is 128 cm³/mol. The van der Waals surface area contributed by atoms with Crippen molar-refractivity contribution in [2.75, 3.05) is 6.54 Å². The van der Waals surface area contributed by atoms with E-state index < -0.39 is 5.97 Å². The van der Waals surface area contributed by atoms with Gasteiger partial charge < -0.3 is 15.9 Å². The fraction of sp³-hybridized carbons (Fsp3) is 0.593. The Labute approximate surface area is 188 Å². The zero-order chi connectivity index (χ0) is 22.3. The van der Waals surface area contributed by atoms with Crippen LogP contribution in [0.2, 0.25) is 0 Å². The number of aliphatic carboxylic acids is 1. The van der Waals surface area contributed by atoms with E-state index in [1.165, 1.54) is 56.9 Å². The van der Waals surface area contributed by atoms with Gasteiger partial charge in [-0.3, -0.25) is 4.79 Å². The van der Waals surface area contributed by atoms with E-state index in [0.717, 1.165) is 31.7 Å². The predicted octanol–water partition coefficient (Wildman–Crippen LogP) is 6.39. The number of hydrogen-bond acceptors (Lipinski definition) is 3. The van der Waals surface area contributed by atoms with Crippen molar-refractivity contribution in [3.8, 4) is 5.75 Å². The zero-order valence-corrected chi connectivity index (χ0v) is 19.0. The summed E-state index contributed by atoms with van der Waals surface area (Å²) >= 11 is 0. The van der Waals surface area contributed by atoms with Crippen molar-refractivity contribution in [3.05, 3.63) is 53.6 Å². The molecule has 0 radical (unpaired) electrons. The van der Waals surface area contributed by atoms with E-state index in [4.69, 9.17) is 10.8 Å². The Bertz CT molecular complexity index is 693. The number of allylic oxidation sites excluding steroid dienone is 3. The molecule has 0 aromatic heterocycles. The maximum atomic E-state index is 10.7. The van der Waals surface area contributed by atoms with Gasteiger partial charge in [0.2, 0.25) is 0 Å². The van der Waals surface area contributed by atoms with Gasteiger partial charge in [-0.05, 0) is 87.4 Å². The molecule has 4 N–H and O–H groups in total. The Morgan fingerprint density at radius 3 is 2.65 bits per heavy atom. The second-order valence-electron chi connectivity index (χ2n) is 9.03. The summed E-state index contributed by atoms with van der Waals surface area (Å²) in [6.45, 7) is 0.776. The van der Waals surface area contributed by atoms with Crippen molar-refractivity contribution in [1.29, 1.82) is 0 Å². The van der Waals surface area contributed by atoms with Crippen LogP contribution in [0, 0.1) is 11.8 Å². The number of unbranched alkanes of at least 4 members (excludes halogenated alkanes) is 3. The molecule has 4 nitrogen and oxygen atoms in total. The first kappa shape index (κ1) is 25.2. The van der Waals surface area contributed by atoms with Crippen molar-refractivity contribution < 1.29 is 15.0 Å². The van der Waals surface area contributed by atoms with Gasteiger partial charge in [-0.1, -0.05) is 61.6 Å². The number of carboxylic acid groups (broad SMARTS) is 1. The SMILES string of the molecule is NCCC1=C[C@@H](CCCCCC[C@H](C/C=C/CCC(=O)O)Cc2ccc(O)cc2)CC1. The van der Waals surface area contributed by atoms with Crippen LogP contribution in [0.15, 0.2) is 48.1 Å². The van der Waals surface area contributed by atoms with E-state index in [1.54, 1.807) is 17.7 Å². The molecule has 0 bridgehead atoms. The fourth-order valence-electron chi connectivity index (χ4n) is 4.57. The second-order valence-corrected chi connectivity index (χ2v) is 9.03. The summed E-state index contributed by atoms with van der Waals surface area (Å²) in [6, 6.07) is 7.52. The smallest absolute Gasteiger partial charge is 0.303 e. The zero-order valence-electron chi connectivity index (χ0n) is 19.0. The lowest BCUT2D eigenvalue weighted by Gasteiger charge is -2.16. The Morgan fingerprint density at radius 1 is 1.13 bits per heavy atom. The molecule has 0 unspecified atom stereocenters. The molecule has 172 valence electrons.